The van der Waals surface area contributed by atoms with Crippen molar-refractivity contribution in [3.63, 3.8) is 0 Å². The highest BCUT2D eigenvalue weighted by atomic mass is 16.6. The number of nitrogen functional groups attached to an aromatic ring is 1. The van der Waals surface area contributed by atoms with Gasteiger partial charge in [-0.1, -0.05) is 18.2 Å². The number of pyridine rings is 2. The second-order valence-corrected chi connectivity index (χ2v) is 4.98. The van der Waals surface area contributed by atoms with E-state index in [0.29, 0.717) is 16.8 Å². The number of hydrogen-bond acceptors (Lipinski definition) is 6. The first kappa shape index (κ1) is 15.1. The van der Waals surface area contributed by atoms with Crippen molar-refractivity contribution in [3.8, 4) is 28.5 Å². The maximum absolute atomic E-state index is 10.9. The van der Waals surface area contributed by atoms with E-state index in [1.54, 1.807) is 42.7 Å². The molecule has 2 heterocycles. The fourth-order valence-corrected chi connectivity index (χ4v) is 2.36. The van der Waals surface area contributed by atoms with Crippen LogP contribution in [-0.4, -0.2) is 14.9 Å². The average Bonchev–Trinajstić information content (AvgIpc) is 2.62. The lowest BCUT2D eigenvalue weighted by molar-refractivity contribution is -0.384. The summed E-state index contributed by atoms with van der Waals surface area (Å²) in [5, 5.41) is 20.3. The molecule has 0 radical (unpaired) electrons. The molecule has 3 rings (SSSR count). The van der Waals surface area contributed by atoms with E-state index >= 15 is 0 Å². The molecule has 0 aliphatic rings. The molecule has 7 heteroatoms. The fourth-order valence-electron chi connectivity index (χ4n) is 2.36. The van der Waals surface area contributed by atoms with Gasteiger partial charge in [-0.2, -0.15) is 5.26 Å². The molecule has 0 fully saturated rings. The van der Waals surface area contributed by atoms with Crippen molar-refractivity contribution in [2.24, 2.45) is 0 Å². The van der Waals surface area contributed by atoms with Crippen LogP contribution in [0, 0.1) is 21.4 Å². The summed E-state index contributed by atoms with van der Waals surface area (Å²) in [5.41, 5.74) is 8.42. The Morgan fingerprint density at radius 2 is 1.96 bits per heavy atom. The number of benzene rings is 1. The van der Waals surface area contributed by atoms with Crippen LogP contribution in [0.25, 0.3) is 22.4 Å². The predicted molar refractivity (Wildman–Crippen MR) is 88.7 cm³/mol. The van der Waals surface area contributed by atoms with Gasteiger partial charge in [0.25, 0.3) is 5.69 Å². The summed E-state index contributed by atoms with van der Waals surface area (Å²) >= 11 is 0. The van der Waals surface area contributed by atoms with Gasteiger partial charge in [-0.3, -0.25) is 15.1 Å². The fraction of sp³-hybridized carbons (Fsp3) is 0. The number of nitrogens with zero attached hydrogens (tertiary/aromatic N) is 4. The maximum Gasteiger partial charge on any atom is 0.270 e. The Hall–Kier alpha value is -3.79. The van der Waals surface area contributed by atoms with Crippen LogP contribution in [0.5, 0.6) is 0 Å². The smallest absolute Gasteiger partial charge is 0.270 e. The molecule has 0 saturated carbocycles. The number of non-ortho nitro benzene ring substituents is 1. The quantitative estimate of drug-likeness (QED) is 0.585. The number of rotatable bonds is 3. The third-order valence-corrected chi connectivity index (χ3v) is 3.48. The Balaban J connectivity index is 2.21. The number of aromatic nitrogens is 2. The zero-order valence-corrected chi connectivity index (χ0v) is 12.4. The summed E-state index contributed by atoms with van der Waals surface area (Å²) in [5.74, 6) is 0.0698. The Kier molecular flexibility index (Phi) is 3.87. The first-order chi connectivity index (χ1) is 11.6. The number of nitrogens with two attached hydrogens (primary N) is 1. The van der Waals surface area contributed by atoms with E-state index in [9.17, 15) is 15.4 Å². The van der Waals surface area contributed by atoms with Crippen LogP contribution in [-0.2, 0) is 0 Å². The standard InChI is InChI=1S/C17H11N5O2/c18-9-15-14(12-4-2-6-20-10-12)8-16(21-17(15)19)11-3-1-5-13(7-11)22(23)24/h1-8,10H,(H2,19,21). The average molecular weight is 317 g/mol. The Morgan fingerprint density at radius 1 is 1.17 bits per heavy atom. The van der Waals surface area contributed by atoms with Gasteiger partial charge in [0.15, 0.2) is 0 Å². The van der Waals surface area contributed by atoms with Crippen LogP contribution in [0.15, 0.2) is 54.9 Å². The molecule has 1 aromatic carbocycles. The van der Waals surface area contributed by atoms with Gasteiger partial charge in [-0.25, -0.2) is 4.98 Å². The molecule has 0 spiro atoms. The van der Waals surface area contributed by atoms with Crippen molar-refractivity contribution >= 4 is 11.5 Å². The van der Waals surface area contributed by atoms with E-state index in [2.05, 4.69) is 9.97 Å². The number of nitro benzene ring substituents is 1. The van der Waals surface area contributed by atoms with Gasteiger partial charge >= 0.3 is 0 Å². The summed E-state index contributed by atoms with van der Waals surface area (Å²) in [6.07, 6.45) is 3.24. The SMILES string of the molecule is N#Cc1c(-c2cccnc2)cc(-c2cccc([N+](=O)[O-])c2)nc1N. The second kappa shape index (κ2) is 6.14. The molecule has 2 N–H and O–H groups in total. The van der Waals surface area contributed by atoms with Crippen molar-refractivity contribution in [3.05, 3.63) is 70.5 Å². The molecular weight excluding hydrogens is 306 g/mol. The lowest BCUT2D eigenvalue weighted by atomic mass is 9.99. The highest BCUT2D eigenvalue weighted by Gasteiger charge is 2.15. The first-order valence-corrected chi connectivity index (χ1v) is 6.96. The van der Waals surface area contributed by atoms with Gasteiger partial charge in [-0.05, 0) is 12.1 Å². The molecule has 0 unspecified atom stereocenters. The molecule has 2 aromatic heterocycles. The van der Waals surface area contributed by atoms with Gasteiger partial charge in [0.2, 0.25) is 0 Å². The van der Waals surface area contributed by atoms with Crippen LogP contribution in [0.4, 0.5) is 11.5 Å². The predicted octanol–water partition coefficient (Wildman–Crippen LogP) is 3.17. The Morgan fingerprint density at radius 3 is 2.62 bits per heavy atom. The molecule has 3 aromatic rings. The number of nitriles is 1. The minimum absolute atomic E-state index is 0.0415. The van der Waals surface area contributed by atoms with Gasteiger partial charge in [0.05, 0.1) is 10.6 Å². The summed E-state index contributed by atoms with van der Waals surface area (Å²) in [6, 6.07) is 13.4. The van der Waals surface area contributed by atoms with E-state index in [1.165, 1.54) is 12.1 Å². The normalized spacial score (nSPS) is 10.1. The topological polar surface area (TPSA) is 119 Å². The van der Waals surface area contributed by atoms with Gasteiger partial charge in [0.1, 0.15) is 17.5 Å². The zero-order valence-electron chi connectivity index (χ0n) is 12.4. The molecule has 0 aliphatic heterocycles. The minimum atomic E-state index is -0.474. The summed E-state index contributed by atoms with van der Waals surface area (Å²) in [7, 11) is 0. The third-order valence-electron chi connectivity index (χ3n) is 3.48. The molecule has 116 valence electrons. The first-order valence-electron chi connectivity index (χ1n) is 6.96. The molecule has 0 saturated heterocycles. The third kappa shape index (κ3) is 2.76. The van der Waals surface area contributed by atoms with Crippen molar-refractivity contribution in [2.75, 3.05) is 5.73 Å². The maximum atomic E-state index is 10.9. The van der Waals surface area contributed by atoms with E-state index in [1.807, 2.05) is 6.07 Å². The summed E-state index contributed by atoms with van der Waals surface area (Å²) in [6.45, 7) is 0. The molecule has 24 heavy (non-hydrogen) atoms. The monoisotopic (exact) mass is 317 g/mol. The number of hydrogen-bond donors (Lipinski definition) is 1. The van der Waals surface area contributed by atoms with Crippen LogP contribution in [0.1, 0.15) is 5.56 Å². The molecule has 0 aliphatic carbocycles. The van der Waals surface area contributed by atoms with E-state index in [0.717, 1.165) is 5.56 Å². The number of anilines is 1. The largest absolute Gasteiger partial charge is 0.383 e. The van der Waals surface area contributed by atoms with Crippen LogP contribution in [0.2, 0.25) is 0 Å². The molecular formula is C17H11N5O2. The molecule has 0 bridgehead atoms. The Bertz CT molecular complexity index is 964. The summed E-state index contributed by atoms with van der Waals surface area (Å²) in [4.78, 5) is 18.7. The molecule has 7 nitrogen and oxygen atoms in total. The highest BCUT2D eigenvalue weighted by molar-refractivity contribution is 5.80. The van der Waals surface area contributed by atoms with Gasteiger partial charge in [0, 0.05) is 41.2 Å². The van der Waals surface area contributed by atoms with Crippen LogP contribution >= 0.6 is 0 Å². The van der Waals surface area contributed by atoms with Gasteiger partial charge in [-0.15, -0.1) is 0 Å². The van der Waals surface area contributed by atoms with E-state index in [-0.39, 0.29) is 17.1 Å². The molecule has 0 amide bonds. The summed E-state index contributed by atoms with van der Waals surface area (Å²) < 4.78 is 0. The second-order valence-electron chi connectivity index (χ2n) is 4.98. The van der Waals surface area contributed by atoms with Crippen molar-refractivity contribution in [1.29, 1.82) is 5.26 Å². The van der Waals surface area contributed by atoms with E-state index in [4.69, 9.17) is 5.73 Å². The lowest BCUT2D eigenvalue weighted by Crippen LogP contribution is -2.00. The van der Waals surface area contributed by atoms with Crippen molar-refractivity contribution < 1.29 is 4.92 Å². The van der Waals surface area contributed by atoms with Crippen LogP contribution < -0.4 is 5.73 Å². The van der Waals surface area contributed by atoms with Crippen LogP contribution in [0.3, 0.4) is 0 Å². The molecule has 0 atom stereocenters. The minimum Gasteiger partial charge on any atom is -0.383 e. The van der Waals surface area contributed by atoms with E-state index < -0.39 is 4.92 Å². The lowest BCUT2D eigenvalue weighted by Gasteiger charge is -2.10. The van der Waals surface area contributed by atoms with Crippen molar-refractivity contribution in [1.82, 2.24) is 9.97 Å². The zero-order chi connectivity index (χ0) is 17.1. The van der Waals surface area contributed by atoms with Crippen molar-refractivity contribution in [2.45, 2.75) is 0 Å². The Labute approximate surface area is 137 Å². The van der Waals surface area contributed by atoms with Gasteiger partial charge < -0.3 is 5.73 Å². The number of nitro groups is 1. The highest BCUT2D eigenvalue weighted by Crippen LogP contribution is 2.31.